The molecule has 1 aromatic rings. The van der Waals surface area contributed by atoms with E-state index in [0.29, 0.717) is 13.2 Å². The van der Waals surface area contributed by atoms with Crippen LogP contribution in [0.25, 0.3) is 0 Å². The molecule has 0 saturated carbocycles. The maximum atomic E-state index is 12.1. The third-order valence-corrected chi connectivity index (χ3v) is 3.47. The number of nitrogen functional groups attached to an aromatic ring is 1. The Bertz CT molecular complexity index is 560. The summed E-state index contributed by atoms with van der Waals surface area (Å²) in [6.45, 7) is 1.12. The molecule has 1 saturated heterocycles. The number of nitrogens with zero attached hydrogens (tertiary/aromatic N) is 1. The molecule has 1 aliphatic heterocycles. The third kappa shape index (κ3) is 3.60. The highest BCUT2D eigenvalue weighted by molar-refractivity contribution is 6.34. The maximum Gasteiger partial charge on any atom is 0.295 e. The van der Waals surface area contributed by atoms with E-state index in [4.69, 9.17) is 22.2 Å². The molecule has 0 bridgehead atoms. The van der Waals surface area contributed by atoms with Gasteiger partial charge >= 0.3 is 0 Å². The number of halogens is 1. The summed E-state index contributed by atoms with van der Waals surface area (Å²) < 4.78 is 5.27. The van der Waals surface area contributed by atoms with E-state index in [1.165, 1.54) is 6.07 Å². The van der Waals surface area contributed by atoms with Gasteiger partial charge in [0.1, 0.15) is 5.69 Å². The monoisotopic (exact) mass is 314 g/mol. The van der Waals surface area contributed by atoms with Gasteiger partial charge in [-0.25, -0.2) is 0 Å². The van der Waals surface area contributed by atoms with Gasteiger partial charge in [0.15, 0.2) is 0 Å². The SMILES string of the molecule is NNc1c(Cl)cc(C(=O)NC2CCCOC2)cc1[N+](=O)[O-]. The second kappa shape index (κ2) is 6.70. The molecule has 1 unspecified atom stereocenters. The molecule has 2 rings (SSSR count). The fraction of sp³-hybridized carbons (Fsp3) is 0.417. The molecule has 0 spiro atoms. The van der Waals surface area contributed by atoms with Gasteiger partial charge in [-0.15, -0.1) is 0 Å². The zero-order chi connectivity index (χ0) is 15.4. The zero-order valence-electron chi connectivity index (χ0n) is 11.1. The Balaban J connectivity index is 2.22. The number of hydrogen-bond donors (Lipinski definition) is 3. The molecule has 1 heterocycles. The van der Waals surface area contributed by atoms with Crippen molar-refractivity contribution in [3.05, 3.63) is 32.8 Å². The second-order valence-corrected chi connectivity index (χ2v) is 5.05. The van der Waals surface area contributed by atoms with Crippen molar-refractivity contribution in [1.29, 1.82) is 0 Å². The number of nitro groups is 1. The molecule has 21 heavy (non-hydrogen) atoms. The number of nitro benzene ring substituents is 1. The van der Waals surface area contributed by atoms with Crippen molar-refractivity contribution in [3.8, 4) is 0 Å². The molecular formula is C12H15ClN4O4. The van der Waals surface area contributed by atoms with Crippen LogP contribution in [0.15, 0.2) is 12.1 Å². The summed E-state index contributed by atoms with van der Waals surface area (Å²) in [5, 5.41) is 13.8. The number of carbonyl (C=O) groups is 1. The van der Waals surface area contributed by atoms with Gasteiger partial charge in [0.05, 0.1) is 22.6 Å². The van der Waals surface area contributed by atoms with Gasteiger partial charge in [0.25, 0.3) is 11.6 Å². The molecule has 1 fully saturated rings. The number of nitrogens with one attached hydrogen (secondary N) is 2. The molecule has 9 heteroatoms. The van der Waals surface area contributed by atoms with Crippen LogP contribution in [0, 0.1) is 10.1 Å². The fourth-order valence-corrected chi connectivity index (χ4v) is 2.40. The Hall–Kier alpha value is -1.90. The van der Waals surface area contributed by atoms with E-state index >= 15 is 0 Å². The molecule has 8 nitrogen and oxygen atoms in total. The van der Waals surface area contributed by atoms with Gasteiger partial charge in [-0.05, 0) is 18.9 Å². The standard InChI is InChI=1S/C12H15ClN4O4/c13-9-4-7(5-10(17(19)20)11(9)16-14)12(18)15-8-2-1-3-21-6-8/h4-5,8,16H,1-3,6,14H2,(H,15,18). The van der Waals surface area contributed by atoms with Gasteiger partial charge < -0.3 is 15.5 Å². The molecule has 4 N–H and O–H groups in total. The molecule has 1 aliphatic rings. The van der Waals surface area contributed by atoms with Crippen LogP contribution >= 0.6 is 11.6 Å². The van der Waals surface area contributed by atoms with Crippen LogP contribution in [0.5, 0.6) is 0 Å². The Morgan fingerprint density at radius 1 is 1.52 bits per heavy atom. The van der Waals surface area contributed by atoms with E-state index in [1.807, 2.05) is 0 Å². The van der Waals surface area contributed by atoms with Crippen LogP contribution in [-0.2, 0) is 4.74 Å². The highest BCUT2D eigenvalue weighted by Crippen LogP contribution is 2.33. The molecule has 0 radical (unpaired) electrons. The van der Waals surface area contributed by atoms with Crippen molar-refractivity contribution in [2.45, 2.75) is 18.9 Å². The first-order chi connectivity index (χ1) is 10.0. The minimum absolute atomic E-state index is 0.0109. The van der Waals surface area contributed by atoms with Crippen molar-refractivity contribution in [2.24, 2.45) is 5.84 Å². The van der Waals surface area contributed by atoms with E-state index in [9.17, 15) is 14.9 Å². The molecule has 1 amide bonds. The fourth-order valence-electron chi connectivity index (χ4n) is 2.13. The number of hydrogen-bond acceptors (Lipinski definition) is 6. The lowest BCUT2D eigenvalue weighted by molar-refractivity contribution is -0.384. The van der Waals surface area contributed by atoms with Gasteiger partial charge in [0.2, 0.25) is 0 Å². The van der Waals surface area contributed by atoms with Crippen molar-refractivity contribution >= 4 is 28.9 Å². The van der Waals surface area contributed by atoms with Crippen LogP contribution < -0.4 is 16.6 Å². The highest BCUT2D eigenvalue weighted by Gasteiger charge is 2.23. The summed E-state index contributed by atoms with van der Waals surface area (Å²) in [5.41, 5.74) is 1.89. The van der Waals surface area contributed by atoms with Gasteiger partial charge in [-0.3, -0.25) is 20.8 Å². The number of amides is 1. The summed E-state index contributed by atoms with van der Waals surface area (Å²) in [6, 6.07) is 2.37. The second-order valence-electron chi connectivity index (χ2n) is 4.64. The number of benzene rings is 1. The minimum atomic E-state index is -0.651. The van der Waals surface area contributed by atoms with Gasteiger partial charge in [-0.1, -0.05) is 11.6 Å². The summed E-state index contributed by atoms with van der Waals surface area (Å²) >= 11 is 5.91. The minimum Gasteiger partial charge on any atom is -0.379 e. The summed E-state index contributed by atoms with van der Waals surface area (Å²) in [4.78, 5) is 22.5. The molecular weight excluding hydrogens is 300 g/mol. The van der Waals surface area contributed by atoms with Crippen LogP contribution in [0.4, 0.5) is 11.4 Å². The lowest BCUT2D eigenvalue weighted by Crippen LogP contribution is -2.40. The lowest BCUT2D eigenvalue weighted by atomic mass is 10.1. The number of rotatable bonds is 4. The average molecular weight is 315 g/mol. The van der Waals surface area contributed by atoms with Crippen LogP contribution in [-0.4, -0.2) is 30.1 Å². The van der Waals surface area contributed by atoms with Crippen LogP contribution in [0.3, 0.4) is 0 Å². The van der Waals surface area contributed by atoms with Crippen molar-refractivity contribution in [3.63, 3.8) is 0 Å². The molecule has 0 aromatic heterocycles. The zero-order valence-corrected chi connectivity index (χ0v) is 11.9. The average Bonchev–Trinajstić information content (AvgIpc) is 2.47. The van der Waals surface area contributed by atoms with Crippen molar-refractivity contribution in [1.82, 2.24) is 5.32 Å². The van der Waals surface area contributed by atoms with Crippen molar-refractivity contribution < 1.29 is 14.5 Å². The lowest BCUT2D eigenvalue weighted by Gasteiger charge is -2.23. The van der Waals surface area contributed by atoms with Crippen LogP contribution in [0.2, 0.25) is 5.02 Å². The smallest absolute Gasteiger partial charge is 0.295 e. The van der Waals surface area contributed by atoms with Crippen molar-refractivity contribution in [2.75, 3.05) is 18.6 Å². The topological polar surface area (TPSA) is 120 Å². The molecule has 1 aromatic carbocycles. The maximum absolute atomic E-state index is 12.1. The van der Waals surface area contributed by atoms with E-state index in [0.717, 1.165) is 18.9 Å². The van der Waals surface area contributed by atoms with Crippen LogP contribution in [0.1, 0.15) is 23.2 Å². The Morgan fingerprint density at radius 2 is 2.29 bits per heavy atom. The van der Waals surface area contributed by atoms with E-state index in [-0.39, 0.29) is 28.0 Å². The number of anilines is 1. The van der Waals surface area contributed by atoms with E-state index < -0.39 is 10.8 Å². The Kier molecular flexibility index (Phi) is 4.94. The molecule has 0 aliphatic carbocycles. The number of ether oxygens (including phenoxy) is 1. The predicted octanol–water partition coefficient (Wildman–Crippen LogP) is 1.44. The summed E-state index contributed by atoms with van der Waals surface area (Å²) in [6.07, 6.45) is 1.67. The summed E-state index contributed by atoms with van der Waals surface area (Å²) in [7, 11) is 0. The highest BCUT2D eigenvalue weighted by atomic mass is 35.5. The van der Waals surface area contributed by atoms with E-state index in [2.05, 4.69) is 10.7 Å². The van der Waals surface area contributed by atoms with Gasteiger partial charge in [-0.2, -0.15) is 0 Å². The van der Waals surface area contributed by atoms with E-state index in [1.54, 1.807) is 0 Å². The number of hydrazine groups is 1. The number of carbonyl (C=O) groups excluding carboxylic acids is 1. The third-order valence-electron chi connectivity index (χ3n) is 3.17. The molecule has 114 valence electrons. The Morgan fingerprint density at radius 3 is 2.86 bits per heavy atom. The number of nitrogens with two attached hydrogens (primary N) is 1. The first kappa shape index (κ1) is 15.5. The summed E-state index contributed by atoms with van der Waals surface area (Å²) in [5.74, 6) is 4.78. The Labute approximate surface area is 125 Å². The first-order valence-electron chi connectivity index (χ1n) is 6.36. The molecule has 1 atom stereocenters. The first-order valence-corrected chi connectivity index (χ1v) is 6.74. The normalized spacial score (nSPS) is 18.1. The predicted molar refractivity (Wildman–Crippen MR) is 77.2 cm³/mol. The quantitative estimate of drug-likeness (QED) is 0.439. The van der Waals surface area contributed by atoms with Gasteiger partial charge in [0, 0.05) is 18.2 Å². The largest absolute Gasteiger partial charge is 0.379 e.